The Hall–Kier alpha value is -1.06. The second kappa shape index (κ2) is 3.01. The second-order valence-corrected chi connectivity index (χ2v) is 4.16. The third kappa shape index (κ3) is 1.41. The lowest BCUT2D eigenvalue weighted by atomic mass is 10.2. The number of phenolic OH excluding ortho intramolecular Hbond substituents is 1. The number of aldehydes is 1. The normalized spacial score (nSPS) is 10.5. The molecular weight excluding hydrogens is 208 g/mol. The molecule has 0 bridgehead atoms. The number of phenols is 1. The number of carbonyl (C=O) groups excluding carboxylic acids is 1. The molecule has 0 aliphatic rings. The lowest BCUT2D eigenvalue weighted by Crippen LogP contribution is -1.67. The molecule has 0 aliphatic heterocycles. The fourth-order valence-electron chi connectivity index (χ4n) is 1.17. The van der Waals surface area contributed by atoms with Gasteiger partial charge in [0, 0.05) is 15.1 Å². The van der Waals surface area contributed by atoms with Crippen LogP contribution in [0, 0.1) is 0 Å². The van der Waals surface area contributed by atoms with Gasteiger partial charge in [0.2, 0.25) is 0 Å². The highest BCUT2D eigenvalue weighted by atomic mass is 35.5. The molecule has 0 atom stereocenters. The first kappa shape index (κ1) is 8.53. The van der Waals surface area contributed by atoms with Gasteiger partial charge in [-0.05, 0) is 18.2 Å². The zero-order valence-corrected chi connectivity index (χ0v) is 8.02. The van der Waals surface area contributed by atoms with Crippen LogP contribution in [0.15, 0.2) is 18.2 Å². The van der Waals surface area contributed by atoms with Gasteiger partial charge in [-0.1, -0.05) is 11.6 Å². The van der Waals surface area contributed by atoms with E-state index < -0.39 is 0 Å². The number of thiophene rings is 1. The van der Waals surface area contributed by atoms with Gasteiger partial charge in [0.05, 0.1) is 4.88 Å². The second-order valence-electron chi connectivity index (χ2n) is 2.60. The van der Waals surface area contributed by atoms with Crippen molar-refractivity contribution in [3.05, 3.63) is 28.1 Å². The average molecular weight is 213 g/mol. The number of halogens is 1. The van der Waals surface area contributed by atoms with Crippen LogP contribution in [0.1, 0.15) is 9.67 Å². The lowest BCUT2D eigenvalue weighted by Gasteiger charge is -1.94. The zero-order valence-electron chi connectivity index (χ0n) is 6.45. The molecule has 1 aromatic heterocycles. The highest BCUT2D eigenvalue weighted by molar-refractivity contribution is 7.20. The lowest BCUT2D eigenvalue weighted by molar-refractivity contribution is 0.112. The van der Waals surface area contributed by atoms with Gasteiger partial charge in [-0.15, -0.1) is 11.3 Å². The van der Waals surface area contributed by atoms with E-state index in [1.54, 1.807) is 12.1 Å². The van der Waals surface area contributed by atoms with Gasteiger partial charge in [-0.2, -0.15) is 0 Å². The standard InChI is InChI=1S/C9H5ClO2S/c10-5-1-8(12)7-3-6(4-11)13-9(7)2-5/h1-4,12H. The van der Waals surface area contributed by atoms with E-state index in [0.29, 0.717) is 15.3 Å². The van der Waals surface area contributed by atoms with Crippen LogP contribution in [0.5, 0.6) is 5.75 Å². The van der Waals surface area contributed by atoms with Crippen molar-refractivity contribution in [2.24, 2.45) is 0 Å². The van der Waals surface area contributed by atoms with Gasteiger partial charge in [-0.25, -0.2) is 0 Å². The Labute approximate surface area is 83.4 Å². The molecule has 0 aliphatic carbocycles. The highest BCUT2D eigenvalue weighted by Gasteiger charge is 2.06. The van der Waals surface area contributed by atoms with Crippen molar-refractivity contribution in [3.8, 4) is 5.75 Å². The van der Waals surface area contributed by atoms with Crippen LogP contribution in [-0.2, 0) is 0 Å². The Kier molecular flexibility index (Phi) is 1.98. The summed E-state index contributed by atoms with van der Waals surface area (Å²) in [5, 5.41) is 10.6. The summed E-state index contributed by atoms with van der Waals surface area (Å²) in [6.07, 6.45) is 0.762. The van der Waals surface area contributed by atoms with Gasteiger partial charge in [0.25, 0.3) is 0 Å². The summed E-state index contributed by atoms with van der Waals surface area (Å²) in [4.78, 5) is 11.1. The van der Waals surface area contributed by atoms with Crippen LogP contribution in [0.4, 0.5) is 0 Å². The van der Waals surface area contributed by atoms with Gasteiger partial charge in [0.1, 0.15) is 5.75 Å². The van der Waals surface area contributed by atoms with Crippen molar-refractivity contribution in [2.75, 3.05) is 0 Å². The first-order chi connectivity index (χ1) is 6.20. The number of rotatable bonds is 1. The van der Waals surface area contributed by atoms with Crippen LogP contribution in [0.25, 0.3) is 10.1 Å². The monoisotopic (exact) mass is 212 g/mol. The van der Waals surface area contributed by atoms with E-state index in [9.17, 15) is 9.90 Å². The average Bonchev–Trinajstić information content (AvgIpc) is 2.47. The summed E-state index contributed by atoms with van der Waals surface area (Å²) in [5.41, 5.74) is 0. The van der Waals surface area contributed by atoms with Crippen LogP contribution < -0.4 is 0 Å². The molecule has 0 spiro atoms. The summed E-state index contributed by atoms with van der Waals surface area (Å²) in [5.74, 6) is 0.117. The summed E-state index contributed by atoms with van der Waals surface area (Å²) in [6.45, 7) is 0. The molecule has 1 aromatic carbocycles. The zero-order chi connectivity index (χ0) is 9.42. The quantitative estimate of drug-likeness (QED) is 0.738. The number of hydrogen-bond acceptors (Lipinski definition) is 3. The van der Waals surface area contributed by atoms with E-state index in [2.05, 4.69) is 0 Å². The van der Waals surface area contributed by atoms with Crippen molar-refractivity contribution in [2.45, 2.75) is 0 Å². The molecule has 2 rings (SSSR count). The summed E-state index contributed by atoms with van der Waals surface area (Å²) < 4.78 is 0.826. The molecule has 66 valence electrons. The van der Waals surface area contributed by atoms with Crippen molar-refractivity contribution in [3.63, 3.8) is 0 Å². The maximum atomic E-state index is 10.5. The molecular formula is C9H5ClO2S. The van der Waals surface area contributed by atoms with Crippen molar-refractivity contribution >= 4 is 39.3 Å². The van der Waals surface area contributed by atoms with Gasteiger partial charge >= 0.3 is 0 Å². The number of hydrogen-bond donors (Lipinski definition) is 1. The number of fused-ring (bicyclic) bond motifs is 1. The van der Waals surface area contributed by atoms with E-state index in [1.165, 1.54) is 17.4 Å². The Morgan fingerprint density at radius 2 is 2.15 bits per heavy atom. The highest BCUT2D eigenvalue weighted by Crippen LogP contribution is 2.34. The fraction of sp³-hybridized carbons (Fsp3) is 0. The molecule has 1 N–H and O–H groups in total. The predicted octanol–water partition coefficient (Wildman–Crippen LogP) is 3.07. The third-order valence-electron chi connectivity index (χ3n) is 1.72. The molecule has 4 heteroatoms. The van der Waals surface area contributed by atoms with Crippen LogP contribution in [0.2, 0.25) is 5.02 Å². The minimum Gasteiger partial charge on any atom is -0.507 e. The van der Waals surface area contributed by atoms with E-state index >= 15 is 0 Å². The topological polar surface area (TPSA) is 37.3 Å². The largest absolute Gasteiger partial charge is 0.507 e. The predicted molar refractivity (Wildman–Crippen MR) is 53.9 cm³/mol. The maximum absolute atomic E-state index is 10.5. The van der Waals surface area contributed by atoms with Crippen LogP contribution in [0.3, 0.4) is 0 Å². The maximum Gasteiger partial charge on any atom is 0.160 e. The molecule has 0 radical (unpaired) electrons. The van der Waals surface area contributed by atoms with E-state index in [4.69, 9.17) is 11.6 Å². The Morgan fingerprint density at radius 1 is 1.38 bits per heavy atom. The van der Waals surface area contributed by atoms with E-state index in [0.717, 1.165) is 11.0 Å². The molecule has 0 saturated heterocycles. The minimum absolute atomic E-state index is 0.117. The first-order valence-electron chi connectivity index (χ1n) is 3.58. The SMILES string of the molecule is O=Cc1cc2c(O)cc(Cl)cc2s1. The van der Waals surface area contributed by atoms with Gasteiger partial charge in [-0.3, -0.25) is 4.79 Å². The van der Waals surface area contributed by atoms with Gasteiger partial charge in [0.15, 0.2) is 6.29 Å². The molecule has 13 heavy (non-hydrogen) atoms. The molecule has 2 aromatic rings. The molecule has 1 heterocycles. The molecule has 2 nitrogen and oxygen atoms in total. The Bertz CT molecular complexity index is 476. The first-order valence-corrected chi connectivity index (χ1v) is 4.77. The van der Waals surface area contributed by atoms with Crippen molar-refractivity contribution in [1.29, 1.82) is 0 Å². The molecule has 0 saturated carbocycles. The van der Waals surface area contributed by atoms with E-state index in [-0.39, 0.29) is 5.75 Å². The number of carbonyl (C=O) groups is 1. The summed E-state index contributed by atoms with van der Waals surface area (Å²) in [6, 6.07) is 4.85. The molecule has 0 fully saturated rings. The van der Waals surface area contributed by atoms with Crippen LogP contribution in [-0.4, -0.2) is 11.4 Å². The summed E-state index contributed by atoms with van der Waals surface area (Å²) in [7, 11) is 0. The van der Waals surface area contributed by atoms with E-state index in [1.807, 2.05) is 0 Å². The Balaban J connectivity index is 2.82. The number of aromatic hydroxyl groups is 1. The van der Waals surface area contributed by atoms with Crippen molar-refractivity contribution in [1.82, 2.24) is 0 Å². The Morgan fingerprint density at radius 3 is 2.85 bits per heavy atom. The minimum atomic E-state index is 0.117. The third-order valence-corrected chi connectivity index (χ3v) is 2.94. The van der Waals surface area contributed by atoms with Crippen LogP contribution >= 0.6 is 22.9 Å². The smallest absolute Gasteiger partial charge is 0.160 e. The molecule has 0 unspecified atom stereocenters. The summed E-state index contributed by atoms with van der Waals surface area (Å²) >= 11 is 7.05. The van der Waals surface area contributed by atoms with Gasteiger partial charge < -0.3 is 5.11 Å². The molecule has 0 amide bonds. The number of benzene rings is 1. The van der Waals surface area contributed by atoms with Crippen molar-refractivity contribution < 1.29 is 9.90 Å². The fourth-order valence-corrected chi connectivity index (χ4v) is 2.38.